The molecule has 0 unspecified atom stereocenters. The van der Waals surface area contributed by atoms with E-state index in [1.807, 2.05) is 25.1 Å². The lowest BCUT2D eigenvalue weighted by atomic mass is 10.2. The fourth-order valence-electron chi connectivity index (χ4n) is 1.14. The molecule has 5 nitrogen and oxygen atoms in total. The molecule has 1 aromatic rings. The average Bonchev–Trinajstić information content (AvgIpc) is 2.28. The van der Waals surface area contributed by atoms with Crippen molar-refractivity contribution in [1.82, 2.24) is 0 Å². The van der Waals surface area contributed by atoms with Crippen molar-refractivity contribution in [3.63, 3.8) is 0 Å². The molecule has 0 atom stereocenters. The standard InChI is InChI=1S/C11H14N2O3/c1-13(2)9-6-4-5-8(7-9)12-10(14)11(15)16-3/h4-7H,1-3H3,(H,12,14). The van der Waals surface area contributed by atoms with Gasteiger partial charge in [0.25, 0.3) is 0 Å². The summed E-state index contributed by atoms with van der Waals surface area (Å²) in [7, 11) is 4.95. The number of rotatable bonds is 2. The zero-order chi connectivity index (χ0) is 12.1. The van der Waals surface area contributed by atoms with Crippen molar-refractivity contribution < 1.29 is 14.3 Å². The summed E-state index contributed by atoms with van der Waals surface area (Å²) in [5.41, 5.74) is 1.49. The number of methoxy groups -OCH3 is 1. The monoisotopic (exact) mass is 222 g/mol. The van der Waals surface area contributed by atoms with Crippen LogP contribution >= 0.6 is 0 Å². The molecule has 0 bridgehead atoms. The Morgan fingerprint density at radius 2 is 2.00 bits per heavy atom. The lowest BCUT2D eigenvalue weighted by molar-refractivity contribution is -0.150. The quantitative estimate of drug-likeness (QED) is 0.595. The van der Waals surface area contributed by atoms with Gasteiger partial charge in [0.15, 0.2) is 0 Å². The summed E-state index contributed by atoms with van der Waals surface area (Å²) < 4.78 is 4.30. The molecule has 0 aliphatic rings. The van der Waals surface area contributed by atoms with Crippen LogP contribution in [0.5, 0.6) is 0 Å². The molecule has 0 radical (unpaired) electrons. The highest BCUT2D eigenvalue weighted by atomic mass is 16.5. The number of carbonyl (C=O) groups excluding carboxylic acids is 2. The number of benzene rings is 1. The van der Waals surface area contributed by atoms with Gasteiger partial charge >= 0.3 is 11.9 Å². The topological polar surface area (TPSA) is 58.6 Å². The maximum atomic E-state index is 11.2. The van der Waals surface area contributed by atoms with Gasteiger partial charge in [-0.3, -0.25) is 4.79 Å². The van der Waals surface area contributed by atoms with E-state index < -0.39 is 11.9 Å². The number of esters is 1. The number of hydrogen-bond donors (Lipinski definition) is 1. The Morgan fingerprint density at radius 1 is 1.31 bits per heavy atom. The minimum atomic E-state index is -0.907. The highest BCUT2D eigenvalue weighted by Gasteiger charge is 2.13. The number of ether oxygens (including phenoxy) is 1. The zero-order valence-electron chi connectivity index (χ0n) is 9.48. The molecule has 1 N–H and O–H groups in total. The Bertz CT molecular complexity index is 402. The van der Waals surface area contributed by atoms with Crippen molar-refractivity contribution in [3.05, 3.63) is 24.3 Å². The highest BCUT2D eigenvalue weighted by Crippen LogP contribution is 2.17. The predicted octanol–water partition coefficient (Wildman–Crippen LogP) is 0.864. The summed E-state index contributed by atoms with van der Waals surface area (Å²) in [6, 6.07) is 7.16. The summed E-state index contributed by atoms with van der Waals surface area (Å²) in [6.45, 7) is 0. The average molecular weight is 222 g/mol. The summed E-state index contributed by atoms with van der Waals surface area (Å²) in [6.07, 6.45) is 0. The van der Waals surface area contributed by atoms with Crippen molar-refractivity contribution in [2.24, 2.45) is 0 Å². The lowest BCUT2D eigenvalue weighted by Gasteiger charge is -2.13. The molecule has 0 spiro atoms. The van der Waals surface area contributed by atoms with Crippen molar-refractivity contribution in [1.29, 1.82) is 0 Å². The van der Waals surface area contributed by atoms with Gasteiger partial charge in [-0.05, 0) is 18.2 Å². The number of carbonyl (C=O) groups is 2. The first-order valence-electron chi connectivity index (χ1n) is 4.71. The molecule has 1 rings (SSSR count). The summed E-state index contributed by atoms with van der Waals surface area (Å²) in [5, 5.41) is 2.45. The van der Waals surface area contributed by atoms with Crippen LogP contribution in [0.25, 0.3) is 0 Å². The summed E-state index contributed by atoms with van der Waals surface area (Å²) >= 11 is 0. The normalized spacial score (nSPS) is 9.44. The van der Waals surface area contributed by atoms with Gasteiger partial charge in [-0.2, -0.15) is 0 Å². The maximum Gasteiger partial charge on any atom is 0.396 e. The smallest absolute Gasteiger partial charge is 0.396 e. The van der Waals surface area contributed by atoms with Crippen LogP contribution in [0.15, 0.2) is 24.3 Å². The third-order valence-electron chi connectivity index (χ3n) is 1.99. The first-order chi connectivity index (χ1) is 7.54. The largest absolute Gasteiger partial charge is 0.462 e. The van der Waals surface area contributed by atoms with Crippen LogP contribution in [-0.2, 0) is 14.3 Å². The molecule has 0 fully saturated rings. The van der Waals surface area contributed by atoms with Crippen LogP contribution in [0.1, 0.15) is 0 Å². The van der Waals surface area contributed by atoms with Crippen LogP contribution in [0.3, 0.4) is 0 Å². The first-order valence-corrected chi connectivity index (χ1v) is 4.71. The van der Waals surface area contributed by atoms with Crippen LogP contribution < -0.4 is 10.2 Å². The number of amides is 1. The molecule has 0 heterocycles. The van der Waals surface area contributed by atoms with Gasteiger partial charge in [-0.15, -0.1) is 0 Å². The molecule has 0 aliphatic carbocycles. The summed E-state index contributed by atoms with van der Waals surface area (Å²) in [4.78, 5) is 24.0. The molecule has 0 aliphatic heterocycles. The molecule has 1 aromatic carbocycles. The van der Waals surface area contributed by atoms with Gasteiger partial charge in [0.05, 0.1) is 7.11 Å². The predicted molar refractivity (Wildman–Crippen MR) is 61.4 cm³/mol. The van der Waals surface area contributed by atoms with E-state index in [2.05, 4.69) is 10.1 Å². The van der Waals surface area contributed by atoms with Crippen LogP contribution in [0, 0.1) is 0 Å². The second-order valence-corrected chi connectivity index (χ2v) is 3.39. The molecule has 16 heavy (non-hydrogen) atoms. The third kappa shape index (κ3) is 2.98. The molecule has 1 amide bonds. The SMILES string of the molecule is COC(=O)C(=O)Nc1cccc(N(C)C)c1. The van der Waals surface area contributed by atoms with E-state index in [9.17, 15) is 9.59 Å². The number of nitrogens with zero attached hydrogens (tertiary/aromatic N) is 1. The Labute approximate surface area is 94.0 Å². The number of nitrogens with one attached hydrogen (secondary N) is 1. The fourth-order valence-corrected chi connectivity index (χ4v) is 1.14. The van der Waals surface area contributed by atoms with Crippen molar-refractivity contribution in [2.45, 2.75) is 0 Å². The minimum absolute atomic E-state index is 0.557. The van der Waals surface area contributed by atoms with E-state index in [1.165, 1.54) is 0 Å². The van der Waals surface area contributed by atoms with E-state index in [4.69, 9.17) is 0 Å². The van der Waals surface area contributed by atoms with Crippen molar-refractivity contribution in [2.75, 3.05) is 31.4 Å². The van der Waals surface area contributed by atoms with Gasteiger partial charge in [-0.1, -0.05) is 6.07 Å². The van der Waals surface area contributed by atoms with E-state index in [1.54, 1.807) is 18.2 Å². The van der Waals surface area contributed by atoms with Gasteiger partial charge in [0.1, 0.15) is 0 Å². The molecule has 0 saturated heterocycles. The van der Waals surface area contributed by atoms with Crippen molar-refractivity contribution in [3.8, 4) is 0 Å². The van der Waals surface area contributed by atoms with Gasteiger partial charge in [-0.25, -0.2) is 4.79 Å². The van der Waals surface area contributed by atoms with Crippen LogP contribution in [0.2, 0.25) is 0 Å². The number of anilines is 2. The molecular formula is C11H14N2O3. The van der Waals surface area contributed by atoms with Crippen LogP contribution in [0.4, 0.5) is 11.4 Å². The Hall–Kier alpha value is -2.04. The zero-order valence-corrected chi connectivity index (χ0v) is 9.48. The van der Waals surface area contributed by atoms with E-state index in [0.717, 1.165) is 12.8 Å². The lowest BCUT2D eigenvalue weighted by Crippen LogP contribution is -2.23. The highest BCUT2D eigenvalue weighted by molar-refractivity contribution is 6.37. The molecule has 0 saturated carbocycles. The molecule has 86 valence electrons. The Balaban J connectivity index is 2.78. The van der Waals surface area contributed by atoms with Gasteiger partial charge in [0.2, 0.25) is 0 Å². The van der Waals surface area contributed by atoms with E-state index in [-0.39, 0.29) is 0 Å². The molecular weight excluding hydrogens is 208 g/mol. The van der Waals surface area contributed by atoms with Gasteiger partial charge < -0.3 is 15.0 Å². The van der Waals surface area contributed by atoms with Gasteiger partial charge in [0, 0.05) is 25.5 Å². The molecule has 5 heteroatoms. The minimum Gasteiger partial charge on any atom is -0.462 e. The third-order valence-corrected chi connectivity index (χ3v) is 1.99. The first kappa shape index (κ1) is 12.0. The maximum absolute atomic E-state index is 11.2. The number of hydrogen-bond acceptors (Lipinski definition) is 4. The second-order valence-electron chi connectivity index (χ2n) is 3.39. The van der Waals surface area contributed by atoms with E-state index in [0.29, 0.717) is 5.69 Å². The van der Waals surface area contributed by atoms with Crippen molar-refractivity contribution >= 4 is 23.3 Å². The Kier molecular flexibility index (Phi) is 3.88. The fraction of sp³-hybridized carbons (Fsp3) is 0.273. The van der Waals surface area contributed by atoms with E-state index >= 15 is 0 Å². The molecule has 0 aromatic heterocycles. The second kappa shape index (κ2) is 5.16. The Morgan fingerprint density at radius 3 is 2.56 bits per heavy atom. The summed E-state index contributed by atoms with van der Waals surface area (Å²) in [5.74, 6) is -1.69. The van der Waals surface area contributed by atoms with Crippen LogP contribution in [-0.4, -0.2) is 33.1 Å².